The van der Waals surface area contributed by atoms with E-state index in [2.05, 4.69) is 25.3 Å². The Labute approximate surface area is 102 Å². The molecule has 0 aliphatic rings. The van der Waals surface area contributed by atoms with Crippen molar-refractivity contribution in [3.8, 4) is 0 Å². The first-order valence-electron chi connectivity index (χ1n) is 4.74. The molecule has 1 amide bonds. The highest BCUT2D eigenvalue weighted by molar-refractivity contribution is 6.28. The number of amides is 1. The van der Waals surface area contributed by atoms with Crippen LogP contribution in [0, 0.1) is 6.92 Å². The van der Waals surface area contributed by atoms with E-state index in [1.165, 1.54) is 24.7 Å². The van der Waals surface area contributed by atoms with Gasteiger partial charge < -0.3 is 5.32 Å². The molecule has 0 aliphatic heterocycles. The van der Waals surface area contributed by atoms with Gasteiger partial charge in [0.05, 0.1) is 11.9 Å². The molecule has 0 radical (unpaired) electrons. The highest BCUT2D eigenvalue weighted by Crippen LogP contribution is 2.07. The lowest BCUT2D eigenvalue weighted by Gasteiger charge is -2.03. The topological polar surface area (TPSA) is 80.7 Å². The molecular formula is C10H8ClN5O. The Morgan fingerprint density at radius 1 is 1.29 bits per heavy atom. The van der Waals surface area contributed by atoms with Gasteiger partial charge in [0, 0.05) is 12.4 Å². The largest absolute Gasteiger partial charge is 0.305 e. The molecule has 0 aliphatic carbocycles. The fraction of sp³-hybridized carbons (Fsp3) is 0.100. The average Bonchev–Trinajstić information content (AvgIpc) is 2.29. The van der Waals surface area contributed by atoms with Crippen LogP contribution < -0.4 is 5.32 Å². The number of aromatic nitrogens is 4. The van der Waals surface area contributed by atoms with Gasteiger partial charge in [-0.3, -0.25) is 9.78 Å². The van der Waals surface area contributed by atoms with Crippen LogP contribution in [-0.2, 0) is 0 Å². The number of carbonyl (C=O) groups is 1. The summed E-state index contributed by atoms with van der Waals surface area (Å²) in [6.45, 7) is 1.79. The lowest BCUT2D eigenvalue weighted by molar-refractivity contribution is 0.102. The molecule has 0 unspecified atom stereocenters. The Balaban J connectivity index is 2.14. The Hall–Kier alpha value is -2.08. The molecule has 2 aromatic rings. The van der Waals surface area contributed by atoms with Crippen molar-refractivity contribution in [2.24, 2.45) is 0 Å². The Morgan fingerprint density at radius 3 is 2.76 bits per heavy atom. The first-order chi connectivity index (χ1) is 8.15. The van der Waals surface area contributed by atoms with Gasteiger partial charge in [-0.05, 0) is 24.6 Å². The van der Waals surface area contributed by atoms with E-state index in [-0.39, 0.29) is 11.0 Å². The molecule has 86 valence electrons. The van der Waals surface area contributed by atoms with Crippen LogP contribution in [0.3, 0.4) is 0 Å². The molecule has 0 saturated carbocycles. The van der Waals surface area contributed by atoms with Gasteiger partial charge in [0.15, 0.2) is 0 Å². The number of anilines is 1. The summed E-state index contributed by atoms with van der Waals surface area (Å²) in [5.41, 5.74) is 0.956. The first-order valence-corrected chi connectivity index (χ1v) is 5.11. The average molecular weight is 250 g/mol. The number of hydrogen-bond acceptors (Lipinski definition) is 5. The molecule has 17 heavy (non-hydrogen) atoms. The number of rotatable bonds is 2. The quantitative estimate of drug-likeness (QED) is 0.816. The monoisotopic (exact) mass is 249 g/mol. The van der Waals surface area contributed by atoms with Crippen LogP contribution in [0.25, 0.3) is 0 Å². The van der Waals surface area contributed by atoms with Crippen LogP contribution in [0.1, 0.15) is 16.2 Å². The summed E-state index contributed by atoms with van der Waals surface area (Å²) in [6, 6.07) is 1.53. The fourth-order valence-corrected chi connectivity index (χ4v) is 1.24. The van der Waals surface area contributed by atoms with Crippen molar-refractivity contribution in [3.05, 3.63) is 41.3 Å². The summed E-state index contributed by atoms with van der Waals surface area (Å²) in [7, 11) is 0. The number of carbonyl (C=O) groups excluding carboxylic acids is 1. The van der Waals surface area contributed by atoms with E-state index in [0.717, 1.165) is 5.69 Å². The minimum atomic E-state index is -0.396. The zero-order valence-electron chi connectivity index (χ0n) is 8.88. The number of aryl methyl sites for hydroxylation is 1. The third-order valence-electron chi connectivity index (χ3n) is 1.88. The molecule has 1 N–H and O–H groups in total. The van der Waals surface area contributed by atoms with Gasteiger partial charge in [-0.15, -0.1) is 0 Å². The SMILES string of the molecule is Cc1cnc(C(=O)Nc2ccnc(Cl)n2)cn1. The molecule has 2 heterocycles. The zero-order chi connectivity index (χ0) is 12.3. The van der Waals surface area contributed by atoms with Crippen LogP contribution in [0.4, 0.5) is 5.82 Å². The maximum Gasteiger partial charge on any atom is 0.277 e. The first kappa shape index (κ1) is 11.4. The third-order valence-corrected chi connectivity index (χ3v) is 2.06. The van der Waals surface area contributed by atoms with Gasteiger partial charge >= 0.3 is 0 Å². The maximum atomic E-state index is 11.7. The maximum absolute atomic E-state index is 11.7. The molecular weight excluding hydrogens is 242 g/mol. The summed E-state index contributed by atoms with van der Waals surface area (Å²) >= 11 is 5.59. The summed E-state index contributed by atoms with van der Waals surface area (Å²) in [4.78, 5) is 27.2. The minimum Gasteiger partial charge on any atom is -0.305 e. The third kappa shape index (κ3) is 2.94. The highest BCUT2D eigenvalue weighted by atomic mass is 35.5. The lowest BCUT2D eigenvalue weighted by atomic mass is 10.4. The van der Waals surface area contributed by atoms with Crippen molar-refractivity contribution in [2.75, 3.05) is 5.32 Å². The molecule has 2 rings (SSSR count). The molecule has 6 nitrogen and oxygen atoms in total. The van der Waals surface area contributed by atoms with E-state index >= 15 is 0 Å². The van der Waals surface area contributed by atoms with Gasteiger partial charge in [-0.1, -0.05) is 0 Å². The van der Waals surface area contributed by atoms with Crippen molar-refractivity contribution in [1.29, 1.82) is 0 Å². The normalized spacial score (nSPS) is 10.0. The second kappa shape index (κ2) is 4.84. The van der Waals surface area contributed by atoms with Crippen LogP contribution >= 0.6 is 11.6 Å². The molecule has 0 atom stereocenters. The lowest BCUT2D eigenvalue weighted by Crippen LogP contribution is -2.15. The van der Waals surface area contributed by atoms with Crippen LogP contribution in [0.5, 0.6) is 0 Å². The van der Waals surface area contributed by atoms with E-state index in [4.69, 9.17) is 11.6 Å². The standard InChI is InChI=1S/C10H8ClN5O/c1-6-4-14-7(5-13-6)9(17)15-8-2-3-12-10(11)16-8/h2-5H,1H3,(H,12,15,16,17). The predicted molar refractivity (Wildman–Crippen MR) is 61.8 cm³/mol. The number of hydrogen-bond donors (Lipinski definition) is 1. The van der Waals surface area contributed by atoms with E-state index in [9.17, 15) is 4.79 Å². The van der Waals surface area contributed by atoms with Gasteiger partial charge in [-0.25, -0.2) is 15.0 Å². The van der Waals surface area contributed by atoms with Crippen molar-refractivity contribution < 1.29 is 4.79 Å². The Morgan fingerprint density at radius 2 is 2.12 bits per heavy atom. The fourth-order valence-electron chi connectivity index (χ4n) is 1.09. The van der Waals surface area contributed by atoms with Gasteiger partial charge in [0.1, 0.15) is 11.5 Å². The molecule has 2 aromatic heterocycles. The van der Waals surface area contributed by atoms with E-state index < -0.39 is 5.91 Å². The summed E-state index contributed by atoms with van der Waals surface area (Å²) in [6.07, 6.45) is 4.36. The zero-order valence-corrected chi connectivity index (χ0v) is 9.64. The number of nitrogens with zero attached hydrogens (tertiary/aromatic N) is 4. The molecule has 0 aromatic carbocycles. The Bertz CT molecular complexity index is 543. The van der Waals surface area contributed by atoms with Crippen molar-refractivity contribution >= 4 is 23.3 Å². The molecule has 0 spiro atoms. The Kier molecular flexibility index (Phi) is 3.24. The summed E-state index contributed by atoms with van der Waals surface area (Å²) in [5.74, 6) is -0.0790. The minimum absolute atomic E-state index is 0.0674. The highest BCUT2D eigenvalue weighted by Gasteiger charge is 2.08. The second-order valence-electron chi connectivity index (χ2n) is 3.21. The van der Waals surface area contributed by atoms with E-state index in [0.29, 0.717) is 5.82 Å². The summed E-state index contributed by atoms with van der Waals surface area (Å²) < 4.78 is 0. The summed E-state index contributed by atoms with van der Waals surface area (Å²) in [5, 5.41) is 2.61. The van der Waals surface area contributed by atoms with Gasteiger partial charge in [0.25, 0.3) is 5.91 Å². The molecule has 7 heteroatoms. The van der Waals surface area contributed by atoms with Crippen LogP contribution in [-0.4, -0.2) is 25.8 Å². The smallest absolute Gasteiger partial charge is 0.277 e. The number of halogens is 1. The van der Waals surface area contributed by atoms with Gasteiger partial charge in [0.2, 0.25) is 5.28 Å². The van der Waals surface area contributed by atoms with Crippen molar-refractivity contribution in [3.63, 3.8) is 0 Å². The van der Waals surface area contributed by atoms with Gasteiger partial charge in [-0.2, -0.15) is 0 Å². The second-order valence-corrected chi connectivity index (χ2v) is 3.55. The van der Waals surface area contributed by atoms with Crippen molar-refractivity contribution in [1.82, 2.24) is 19.9 Å². The van der Waals surface area contributed by atoms with E-state index in [1.54, 1.807) is 6.92 Å². The van der Waals surface area contributed by atoms with Crippen LogP contribution in [0.15, 0.2) is 24.7 Å². The van der Waals surface area contributed by atoms with Crippen molar-refractivity contribution in [2.45, 2.75) is 6.92 Å². The van der Waals surface area contributed by atoms with Crippen LogP contribution in [0.2, 0.25) is 5.28 Å². The van der Waals surface area contributed by atoms with E-state index in [1.807, 2.05) is 0 Å². The molecule has 0 fully saturated rings. The molecule has 0 saturated heterocycles. The molecule has 0 bridgehead atoms. The predicted octanol–water partition coefficient (Wildman–Crippen LogP) is 1.48. The number of nitrogens with one attached hydrogen (secondary N) is 1.